The molecule has 0 saturated heterocycles. The van der Waals surface area contributed by atoms with E-state index in [0.717, 1.165) is 16.0 Å². The first-order valence-corrected chi connectivity index (χ1v) is 8.67. The summed E-state index contributed by atoms with van der Waals surface area (Å²) in [4.78, 5) is 0.328. The van der Waals surface area contributed by atoms with Crippen LogP contribution in [-0.4, -0.2) is 14.2 Å². The van der Waals surface area contributed by atoms with Crippen LogP contribution in [0.5, 0.6) is 11.5 Å². The van der Waals surface area contributed by atoms with Gasteiger partial charge in [0.1, 0.15) is 0 Å². The minimum atomic E-state index is 0.328. The highest BCUT2D eigenvalue weighted by atomic mass is 79.9. The number of alkyl halides is 1. The maximum absolute atomic E-state index is 5.43. The zero-order valence-corrected chi connectivity index (χ0v) is 15.7. The van der Waals surface area contributed by atoms with Gasteiger partial charge in [0.15, 0.2) is 11.5 Å². The van der Waals surface area contributed by atoms with Gasteiger partial charge in [0, 0.05) is 9.30 Å². The van der Waals surface area contributed by atoms with E-state index in [1.54, 1.807) is 14.2 Å². The lowest BCUT2D eigenvalue weighted by Gasteiger charge is -2.32. The first-order valence-electron chi connectivity index (χ1n) is 6.96. The van der Waals surface area contributed by atoms with Gasteiger partial charge in [-0.3, -0.25) is 0 Å². The summed E-state index contributed by atoms with van der Waals surface area (Å²) in [6, 6.07) is 4.07. The first kappa shape index (κ1) is 16.2. The average Bonchev–Trinajstić information content (AvgIpc) is 2.77. The molecule has 112 valence electrons. The maximum atomic E-state index is 5.43. The second kappa shape index (κ2) is 6.27. The van der Waals surface area contributed by atoms with E-state index >= 15 is 0 Å². The molecule has 0 bridgehead atoms. The van der Waals surface area contributed by atoms with Gasteiger partial charge in [0.2, 0.25) is 0 Å². The van der Waals surface area contributed by atoms with Crippen LogP contribution in [0, 0.1) is 11.3 Å². The third-order valence-corrected chi connectivity index (χ3v) is 6.31. The number of halogens is 2. The molecule has 2 unspecified atom stereocenters. The van der Waals surface area contributed by atoms with Gasteiger partial charge in [0.05, 0.1) is 14.2 Å². The van der Waals surface area contributed by atoms with Crippen molar-refractivity contribution < 1.29 is 9.47 Å². The van der Waals surface area contributed by atoms with Gasteiger partial charge in [-0.15, -0.1) is 0 Å². The number of hydrogen-bond acceptors (Lipinski definition) is 2. The van der Waals surface area contributed by atoms with E-state index < -0.39 is 0 Å². The summed E-state index contributed by atoms with van der Waals surface area (Å²) < 4.78 is 11.8. The number of benzene rings is 1. The number of hydrogen-bond donors (Lipinski definition) is 0. The van der Waals surface area contributed by atoms with E-state index in [2.05, 4.69) is 51.8 Å². The highest BCUT2D eigenvalue weighted by molar-refractivity contribution is 9.11. The van der Waals surface area contributed by atoms with E-state index in [1.807, 2.05) is 6.07 Å². The highest BCUT2D eigenvalue weighted by Gasteiger charge is 2.39. The third kappa shape index (κ3) is 3.01. The van der Waals surface area contributed by atoms with Crippen LogP contribution in [0.3, 0.4) is 0 Å². The Labute approximate surface area is 138 Å². The summed E-state index contributed by atoms with van der Waals surface area (Å²) in [5, 5.41) is 0. The Morgan fingerprint density at radius 2 is 1.80 bits per heavy atom. The van der Waals surface area contributed by atoms with E-state index in [4.69, 9.17) is 9.47 Å². The maximum Gasteiger partial charge on any atom is 0.161 e. The van der Waals surface area contributed by atoms with Crippen molar-refractivity contribution in [3.05, 3.63) is 22.2 Å². The smallest absolute Gasteiger partial charge is 0.161 e. The molecule has 0 N–H and O–H groups in total. The average molecular weight is 406 g/mol. The normalized spacial score (nSPS) is 22.6. The number of rotatable bonds is 4. The molecule has 2 rings (SSSR count). The number of ether oxygens (including phenoxy) is 2. The lowest BCUT2D eigenvalue weighted by molar-refractivity contribution is 0.256. The van der Waals surface area contributed by atoms with Crippen molar-refractivity contribution in [3.8, 4) is 11.5 Å². The van der Waals surface area contributed by atoms with Crippen molar-refractivity contribution in [2.45, 2.75) is 37.9 Å². The van der Waals surface area contributed by atoms with Gasteiger partial charge in [-0.25, -0.2) is 0 Å². The van der Waals surface area contributed by atoms with Crippen LogP contribution >= 0.6 is 31.9 Å². The lowest BCUT2D eigenvalue weighted by Crippen LogP contribution is -2.21. The fraction of sp³-hybridized carbons (Fsp3) is 0.625. The molecular formula is C16H22Br2O2. The molecule has 1 fully saturated rings. The molecule has 0 aliphatic heterocycles. The van der Waals surface area contributed by atoms with Crippen LogP contribution in [0.1, 0.15) is 43.5 Å². The van der Waals surface area contributed by atoms with Crippen molar-refractivity contribution >= 4 is 31.9 Å². The zero-order chi connectivity index (χ0) is 14.9. The van der Waals surface area contributed by atoms with Crippen LogP contribution in [0.2, 0.25) is 0 Å². The zero-order valence-electron chi connectivity index (χ0n) is 12.5. The van der Waals surface area contributed by atoms with Crippen LogP contribution in [0.4, 0.5) is 0 Å². The Hall–Kier alpha value is -0.220. The molecule has 20 heavy (non-hydrogen) atoms. The molecule has 2 atom stereocenters. The van der Waals surface area contributed by atoms with Gasteiger partial charge in [-0.2, -0.15) is 0 Å². The molecule has 0 spiro atoms. The molecule has 0 aromatic heterocycles. The van der Waals surface area contributed by atoms with Gasteiger partial charge in [-0.1, -0.05) is 52.1 Å². The quantitative estimate of drug-likeness (QED) is 0.595. The molecule has 0 heterocycles. The van der Waals surface area contributed by atoms with Gasteiger partial charge < -0.3 is 9.47 Å². The Bertz CT molecular complexity index is 486. The van der Waals surface area contributed by atoms with Crippen molar-refractivity contribution in [2.75, 3.05) is 14.2 Å². The molecule has 1 aromatic carbocycles. The summed E-state index contributed by atoms with van der Waals surface area (Å²) in [5.74, 6) is 2.18. The van der Waals surface area contributed by atoms with E-state index in [9.17, 15) is 0 Å². The summed E-state index contributed by atoms with van der Waals surface area (Å²) in [7, 11) is 3.34. The molecule has 2 nitrogen and oxygen atoms in total. The minimum Gasteiger partial charge on any atom is -0.493 e. The minimum absolute atomic E-state index is 0.328. The second-order valence-corrected chi connectivity index (χ2v) is 7.96. The second-order valence-electron chi connectivity index (χ2n) is 6.12. The van der Waals surface area contributed by atoms with Gasteiger partial charge in [-0.05, 0) is 41.9 Å². The Kier molecular flexibility index (Phi) is 5.06. The largest absolute Gasteiger partial charge is 0.493 e. The summed E-state index contributed by atoms with van der Waals surface area (Å²) in [5.41, 5.74) is 1.61. The van der Waals surface area contributed by atoms with Gasteiger partial charge >= 0.3 is 0 Å². The third-order valence-electron chi connectivity index (χ3n) is 4.49. The fourth-order valence-corrected chi connectivity index (χ4v) is 5.43. The Morgan fingerprint density at radius 1 is 1.20 bits per heavy atom. The van der Waals surface area contributed by atoms with E-state index in [0.29, 0.717) is 16.2 Å². The molecule has 4 heteroatoms. The fourth-order valence-electron chi connectivity index (χ4n) is 3.19. The predicted octanol–water partition coefficient (Wildman–Crippen LogP) is 5.73. The lowest BCUT2D eigenvalue weighted by atomic mass is 9.78. The van der Waals surface area contributed by atoms with Crippen molar-refractivity contribution in [1.29, 1.82) is 0 Å². The van der Waals surface area contributed by atoms with E-state index in [1.165, 1.54) is 24.8 Å². The summed E-state index contributed by atoms with van der Waals surface area (Å²) >= 11 is 7.59. The van der Waals surface area contributed by atoms with Crippen LogP contribution in [0.15, 0.2) is 16.6 Å². The molecule has 0 radical (unpaired) electrons. The van der Waals surface area contributed by atoms with Gasteiger partial charge in [0.25, 0.3) is 0 Å². The molecular weight excluding hydrogens is 384 g/mol. The summed E-state index contributed by atoms with van der Waals surface area (Å²) in [6.07, 6.45) is 3.87. The van der Waals surface area contributed by atoms with Crippen molar-refractivity contribution in [1.82, 2.24) is 0 Å². The highest BCUT2D eigenvalue weighted by Crippen LogP contribution is 2.53. The Balaban J connectivity index is 2.37. The predicted molar refractivity (Wildman–Crippen MR) is 90.0 cm³/mol. The Morgan fingerprint density at radius 3 is 2.30 bits per heavy atom. The molecule has 1 saturated carbocycles. The van der Waals surface area contributed by atoms with Crippen LogP contribution in [-0.2, 0) is 0 Å². The summed E-state index contributed by atoms with van der Waals surface area (Å²) in [6.45, 7) is 4.74. The molecule has 1 aliphatic rings. The van der Waals surface area contributed by atoms with Crippen molar-refractivity contribution in [3.63, 3.8) is 0 Å². The van der Waals surface area contributed by atoms with Crippen LogP contribution in [0.25, 0.3) is 0 Å². The standard InChI is InChI=1S/C16H22Br2O2/c1-16(2)7-5-6-11(16)15(18)10-8-13(19-3)14(20-4)9-12(10)17/h8-9,11,15H,5-7H2,1-4H3. The van der Waals surface area contributed by atoms with E-state index in [-0.39, 0.29) is 0 Å². The molecule has 0 amide bonds. The molecule has 1 aliphatic carbocycles. The van der Waals surface area contributed by atoms with Crippen LogP contribution < -0.4 is 9.47 Å². The number of methoxy groups -OCH3 is 2. The first-order chi connectivity index (χ1) is 9.40. The SMILES string of the molecule is COc1cc(Br)c(C(Br)C2CCCC2(C)C)cc1OC. The topological polar surface area (TPSA) is 18.5 Å². The van der Waals surface area contributed by atoms with Crippen molar-refractivity contribution in [2.24, 2.45) is 11.3 Å². The monoisotopic (exact) mass is 404 g/mol. The molecule has 1 aromatic rings.